The minimum Gasteiger partial charge on any atom is -0.490 e. The van der Waals surface area contributed by atoms with Gasteiger partial charge in [0.2, 0.25) is 0 Å². The van der Waals surface area contributed by atoms with Crippen molar-refractivity contribution in [3.8, 4) is 27.7 Å². The summed E-state index contributed by atoms with van der Waals surface area (Å²) >= 11 is 5.27. The van der Waals surface area contributed by atoms with E-state index in [0.29, 0.717) is 12.8 Å². The zero-order valence-electron chi connectivity index (χ0n) is 16.5. The van der Waals surface area contributed by atoms with Crippen molar-refractivity contribution in [2.45, 2.75) is 32.0 Å². The maximum absolute atomic E-state index is 9.42. The lowest BCUT2D eigenvalue weighted by atomic mass is 9.92. The van der Waals surface area contributed by atoms with E-state index in [1.807, 2.05) is 24.3 Å². The molecule has 1 fully saturated rings. The van der Waals surface area contributed by atoms with Crippen molar-refractivity contribution in [1.82, 2.24) is 0 Å². The number of aryl methyl sites for hydroxylation is 1. The van der Waals surface area contributed by atoms with E-state index < -0.39 is 0 Å². The van der Waals surface area contributed by atoms with E-state index in [1.165, 1.54) is 10.3 Å². The molecule has 1 aromatic heterocycles. The summed E-state index contributed by atoms with van der Waals surface area (Å²) in [6, 6.07) is 22.5. The molecule has 5 rings (SSSR count). The molecule has 152 valence electrons. The van der Waals surface area contributed by atoms with Gasteiger partial charge in [-0.1, -0.05) is 34.1 Å². The summed E-state index contributed by atoms with van der Waals surface area (Å²) in [5.41, 5.74) is 2.37. The first-order valence-electron chi connectivity index (χ1n) is 9.97. The predicted octanol–water partition coefficient (Wildman–Crippen LogP) is 7.33. The van der Waals surface area contributed by atoms with Crippen molar-refractivity contribution in [2.24, 2.45) is 0 Å². The Bertz CT molecular complexity index is 1180. The molecule has 5 heteroatoms. The van der Waals surface area contributed by atoms with Crippen LogP contribution in [0.25, 0.3) is 20.5 Å². The largest absolute Gasteiger partial charge is 0.490 e. The van der Waals surface area contributed by atoms with Gasteiger partial charge in [-0.3, -0.25) is 0 Å². The van der Waals surface area contributed by atoms with Crippen LogP contribution in [0.3, 0.4) is 0 Å². The Hall–Kier alpha value is -2.34. The highest BCUT2D eigenvalue weighted by molar-refractivity contribution is 9.10. The van der Waals surface area contributed by atoms with E-state index in [2.05, 4.69) is 65.3 Å². The molecule has 0 unspecified atom stereocenters. The lowest BCUT2D eigenvalue weighted by Gasteiger charge is -2.31. The number of fused-ring (bicyclic) bond motifs is 1. The quantitative estimate of drug-likeness (QED) is 0.324. The molecule has 3 nitrogen and oxygen atoms in total. The summed E-state index contributed by atoms with van der Waals surface area (Å²) in [6.45, 7) is 2.11. The smallest absolute Gasteiger partial charge is 0.153 e. The maximum atomic E-state index is 9.42. The fourth-order valence-corrected chi connectivity index (χ4v) is 5.10. The molecule has 1 aliphatic rings. The maximum Gasteiger partial charge on any atom is 0.153 e. The number of hydrogen-bond donors (Lipinski definition) is 1. The van der Waals surface area contributed by atoms with Crippen LogP contribution in [-0.4, -0.2) is 17.3 Å². The average Bonchev–Trinajstić information content (AvgIpc) is 3.06. The van der Waals surface area contributed by atoms with Crippen LogP contribution >= 0.6 is 27.3 Å². The van der Waals surface area contributed by atoms with Crippen molar-refractivity contribution in [3.05, 3.63) is 76.8 Å². The lowest BCUT2D eigenvalue weighted by molar-refractivity contribution is -0.0107. The number of hydrogen-bond acceptors (Lipinski definition) is 4. The molecule has 1 saturated carbocycles. The molecule has 0 bridgehead atoms. The Labute approximate surface area is 188 Å². The second kappa shape index (κ2) is 8.06. The summed E-state index contributed by atoms with van der Waals surface area (Å²) in [5, 5.41) is 10.5. The van der Waals surface area contributed by atoms with Gasteiger partial charge in [0.05, 0.1) is 11.0 Å². The standard InChI is InChI=1S/C25H21BrO3S/c1-15-2-11-22-23(12-15)30-25(16-3-5-17(26)6-4-16)24(22)29-20-9-7-19(8-10-20)28-21-13-18(27)14-21/h2-12,18,21,27H,13-14H2,1H3. The van der Waals surface area contributed by atoms with Gasteiger partial charge in [-0.05, 0) is 66.6 Å². The van der Waals surface area contributed by atoms with Crippen molar-refractivity contribution in [1.29, 1.82) is 0 Å². The van der Waals surface area contributed by atoms with Crippen molar-refractivity contribution < 1.29 is 14.6 Å². The number of halogens is 1. The van der Waals surface area contributed by atoms with E-state index in [1.54, 1.807) is 11.3 Å². The molecule has 0 radical (unpaired) electrons. The van der Waals surface area contributed by atoms with Crippen LogP contribution in [0.2, 0.25) is 0 Å². The Morgan fingerprint density at radius 2 is 1.63 bits per heavy atom. The number of rotatable bonds is 5. The number of benzene rings is 3. The molecule has 3 aromatic carbocycles. The molecular formula is C25H21BrO3S. The summed E-state index contributed by atoms with van der Waals surface area (Å²) in [6.07, 6.45) is 1.30. The van der Waals surface area contributed by atoms with Crippen LogP contribution in [0.5, 0.6) is 17.2 Å². The van der Waals surface area contributed by atoms with Gasteiger partial charge in [0.25, 0.3) is 0 Å². The lowest BCUT2D eigenvalue weighted by Crippen LogP contribution is -2.37. The highest BCUT2D eigenvalue weighted by Crippen LogP contribution is 2.46. The topological polar surface area (TPSA) is 38.7 Å². The van der Waals surface area contributed by atoms with Crippen molar-refractivity contribution >= 4 is 37.4 Å². The van der Waals surface area contributed by atoms with E-state index in [-0.39, 0.29) is 12.2 Å². The van der Waals surface area contributed by atoms with Gasteiger partial charge in [-0.25, -0.2) is 0 Å². The van der Waals surface area contributed by atoms with Crippen LogP contribution in [-0.2, 0) is 0 Å². The summed E-state index contributed by atoms with van der Waals surface area (Å²) in [4.78, 5) is 1.12. The van der Waals surface area contributed by atoms with E-state index in [0.717, 1.165) is 37.5 Å². The number of aliphatic hydroxyl groups excluding tert-OH is 1. The monoisotopic (exact) mass is 480 g/mol. The third-order valence-corrected chi connectivity index (χ3v) is 7.03. The second-order valence-electron chi connectivity index (χ2n) is 7.71. The fourth-order valence-electron chi connectivity index (χ4n) is 3.60. The zero-order chi connectivity index (χ0) is 20.7. The van der Waals surface area contributed by atoms with Crippen molar-refractivity contribution in [2.75, 3.05) is 0 Å². The van der Waals surface area contributed by atoms with Gasteiger partial charge in [-0.2, -0.15) is 0 Å². The molecule has 0 amide bonds. The Morgan fingerprint density at radius 3 is 2.33 bits per heavy atom. The van der Waals surface area contributed by atoms with Crippen LogP contribution in [0.1, 0.15) is 18.4 Å². The zero-order valence-corrected chi connectivity index (χ0v) is 18.9. The number of thiophene rings is 1. The molecule has 1 aliphatic carbocycles. The predicted molar refractivity (Wildman–Crippen MR) is 126 cm³/mol. The Balaban J connectivity index is 1.47. The van der Waals surface area contributed by atoms with Crippen LogP contribution < -0.4 is 9.47 Å². The highest BCUT2D eigenvalue weighted by atomic mass is 79.9. The molecule has 0 aliphatic heterocycles. The molecule has 1 heterocycles. The van der Waals surface area contributed by atoms with Gasteiger partial charge in [0.1, 0.15) is 17.6 Å². The summed E-state index contributed by atoms with van der Waals surface area (Å²) < 4.78 is 14.6. The summed E-state index contributed by atoms with van der Waals surface area (Å²) in [7, 11) is 0. The minimum atomic E-state index is -0.217. The summed E-state index contributed by atoms with van der Waals surface area (Å²) in [5.74, 6) is 2.46. The van der Waals surface area contributed by atoms with Gasteiger partial charge < -0.3 is 14.6 Å². The first-order valence-corrected chi connectivity index (χ1v) is 11.6. The highest BCUT2D eigenvalue weighted by Gasteiger charge is 2.28. The van der Waals surface area contributed by atoms with Gasteiger partial charge >= 0.3 is 0 Å². The minimum absolute atomic E-state index is 0.111. The van der Waals surface area contributed by atoms with Gasteiger partial charge in [-0.15, -0.1) is 11.3 Å². The third-order valence-electron chi connectivity index (χ3n) is 5.32. The van der Waals surface area contributed by atoms with Gasteiger partial charge in [0.15, 0.2) is 5.75 Å². The van der Waals surface area contributed by atoms with E-state index in [4.69, 9.17) is 9.47 Å². The number of ether oxygens (including phenoxy) is 2. The first kappa shape index (κ1) is 19.6. The third kappa shape index (κ3) is 3.97. The van der Waals surface area contributed by atoms with E-state index >= 15 is 0 Å². The fraction of sp³-hybridized carbons (Fsp3) is 0.200. The van der Waals surface area contributed by atoms with E-state index in [9.17, 15) is 5.11 Å². The molecule has 0 atom stereocenters. The Kier molecular flexibility index (Phi) is 5.27. The first-order chi connectivity index (χ1) is 14.5. The molecule has 1 N–H and O–H groups in total. The molecule has 30 heavy (non-hydrogen) atoms. The van der Waals surface area contributed by atoms with Crippen LogP contribution in [0.15, 0.2) is 71.2 Å². The van der Waals surface area contributed by atoms with Crippen LogP contribution in [0, 0.1) is 6.92 Å². The molecule has 4 aromatic rings. The van der Waals surface area contributed by atoms with Crippen LogP contribution in [0.4, 0.5) is 0 Å². The average molecular weight is 481 g/mol. The second-order valence-corrected chi connectivity index (χ2v) is 9.67. The number of aliphatic hydroxyl groups is 1. The Morgan fingerprint density at radius 1 is 0.933 bits per heavy atom. The van der Waals surface area contributed by atoms with Crippen molar-refractivity contribution in [3.63, 3.8) is 0 Å². The van der Waals surface area contributed by atoms with Gasteiger partial charge in [0, 0.05) is 27.4 Å². The normalized spacial score (nSPS) is 18.2. The molecular weight excluding hydrogens is 460 g/mol. The molecule has 0 spiro atoms. The molecule has 0 saturated heterocycles. The SMILES string of the molecule is Cc1ccc2c(Oc3ccc(OC4CC(O)C4)cc3)c(-c3ccc(Br)cc3)sc2c1.